The molecule has 1 aromatic rings. The van der Waals surface area contributed by atoms with Crippen LogP contribution >= 0.6 is 0 Å². The minimum atomic E-state index is -1.64. The summed E-state index contributed by atoms with van der Waals surface area (Å²) in [6.07, 6.45) is 0.628. The van der Waals surface area contributed by atoms with Crippen molar-refractivity contribution in [2.24, 2.45) is 35.5 Å². The van der Waals surface area contributed by atoms with Gasteiger partial charge in [-0.2, -0.15) is 13.8 Å². The van der Waals surface area contributed by atoms with E-state index in [9.17, 15) is 38.7 Å². The zero-order chi connectivity index (χ0) is 70.8. The number of nitrogens with zero attached hydrogens (tertiary/aromatic N) is 7. The Kier molecular flexibility index (Phi) is 40.9. The molecule has 1 fully saturated rings. The third kappa shape index (κ3) is 26.1. The summed E-state index contributed by atoms with van der Waals surface area (Å²) in [4.78, 5) is 170. The molecule has 2 rings (SSSR count). The van der Waals surface area contributed by atoms with E-state index in [1.54, 1.807) is 55.4 Å². The number of aliphatic hydroxyl groups excluding tert-OH is 1. The molecule has 1 aliphatic heterocycles. The van der Waals surface area contributed by atoms with E-state index in [0.29, 0.717) is 19.3 Å². The van der Waals surface area contributed by atoms with Crippen molar-refractivity contribution in [2.45, 2.75) is 242 Å². The van der Waals surface area contributed by atoms with Gasteiger partial charge in [0, 0.05) is 82.0 Å². The number of likely N-dealkylation sites (N-methyl/N-ethyl adjacent to an activating group) is 7. The van der Waals surface area contributed by atoms with Crippen LogP contribution in [-0.2, 0) is 113 Å². The van der Waals surface area contributed by atoms with Crippen LogP contribution in [0.15, 0.2) is 24.3 Å². The Morgan fingerprint density at radius 3 is 1.45 bits per heavy atom. The van der Waals surface area contributed by atoms with Crippen LogP contribution in [0.1, 0.15) is 167 Å². The van der Waals surface area contributed by atoms with Crippen molar-refractivity contribution in [3.8, 4) is 0 Å². The molecule has 1 aliphatic rings. The molecule has 25 heteroatoms. The maximum Gasteiger partial charge on any atom is 2.00 e. The van der Waals surface area contributed by atoms with E-state index < -0.39 is 155 Å². The minimum absolute atomic E-state index is 0. The third-order valence-corrected chi connectivity index (χ3v) is 17.8. The number of nitrogens with one attached hydrogen (secondary N) is 4. The van der Waals surface area contributed by atoms with Crippen molar-refractivity contribution in [3.63, 3.8) is 0 Å². The fraction of sp³-hybridized carbons (Fsp3) is 0.714. The smallest absolute Gasteiger partial charge is 0.390 e. The van der Waals surface area contributed by atoms with Gasteiger partial charge in [-0.3, -0.25) is 52.7 Å². The van der Waals surface area contributed by atoms with Crippen molar-refractivity contribution >= 4 is 65.0 Å². The maximum absolute atomic E-state index is 15.4. The summed E-state index contributed by atoms with van der Waals surface area (Å²) < 4.78 is 0. The summed E-state index contributed by atoms with van der Waals surface area (Å²) in [6, 6.07) is -6.09. The first-order valence-corrected chi connectivity index (χ1v) is 33.0. The van der Waals surface area contributed by atoms with E-state index in [0.717, 1.165) is 31.7 Å². The quantitative estimate of drug-likeness (QED) is 0.125. The number of aliphatic hydroxyl groups is 1. The molecule has 11 amide bonds. The van der Waals surface area contributed by atoms with Crippen LogP contribution in [-0.4, -0.2) is 226 Å². The second-order valence-electron chi connectivity index (χ2n) is 28.2. The standard InChI is InChI=1S/C69H117N11O12.CH3.W.Y/c1-26-50-65(88)74(19)48(18)64(87)75(20)52(34-39(4)5)61(84)73-55(42(10)11)68(91)76(21)51(33-38(2)3)60(83)70-46(16)59(82)71-47(17)63(86)77(22)53(35-40(6)7)66(89)78(23)54(36-41(8)9)67(90)79(24)56(43(12)13)69(92)80(25)57(62(85)72-50)58(81)45(15)30-28-32-49-31-27-29-44(14)37-49;;;/h27,29,31,37-38,40-43,45-48,50-58,81H,18,26,28,30,32-36H2,1-17,19-25H3,(H,70,83)(H,71,82)(H,72,85)(H,73,84);1H3;;/q-2;-1;+2;/t45-,46+,47-,48-,50+,51+,52+,53+,54+,55+,56+,57+,58-;;;/m1.../s1. The van der Waals surface area contributed by atoms with Gasteiger partial charge in [-0.1, -0.05) is 113 Å². The molecule has 1 radical (unpaired) electrons. The van der Waals surface area contributed by atoms with Gasteiger partial charge < -0.3 is 80.9 Å². The van der Waals surface area contributed by atoms with Gasteiger partial charge in [-0.15, -0.1) is 6.42 Å². The molecule has 0 spiro atoms. The molecule has 95 heavy (non-hydrogen) atoms. The topological polar surface area (TPSA) is 279 Å². The Morgan fingerprint density at radius 1 is 0.526 bits per heavy atom. The van der Waals surface area contributed by atoms with Crippen LogP contribution in [0.2, 0.25) is 0 Å². The molecule has 0 aromatic heterocycles. The second-order valence-corrected chi connectivity index (χ2v) is 28.2. The van der Waals surface area contributed by atoms with Crippen LogP contribution < -0.4 is 21.3 Å². The van der Waals surface area contributed by atoms with Crippen LogP contribution in [0.4, 0.5) is 0 Å². The Bertz CT molecular complexity index is 2700. The van der Waals surface area contributed by atoms with Gasteiger partial charge in [0.05, 0.1) is 12.1 Å². The number of aryl methyl sites for hydroxylation is 2. The van der Waals surface area contributed by atoms with E-state index in [2.05, 4.69) is 34.3 Å². The number of amides is 11. The Morgan fingerprint density at radius 2 is 0.979 bits per heavy atom. The summed E-state index contributed by atoms with van der Waals surface area (Å²) in [6.45, 7) is 34.0. The third-order valence-electron chi connectivity index (χ3n) is 17.8. The molecule has 1 heterocycles. The predicted octanol–water partition coefficient (Wildman–Crippen LogP) is 5.24. The Balaban J connectivity index is 0. The van der Waals surface area contributed by atoms with E-state index in [-0.39, 0.29) is 111 Å². The molecule has 0 saturated carbocycles. The van der Waals surface area contributed by atoms with Gasteiger partial charge in [0.1, 0.15) is 54.4 Å². The number of carbonyl (C=O) groups is 11. The average molecular weight is 1580 g/mol. The van der Waals surface area contributed by atoms with Gasteiger partial charge in [0.15, 0.2) is 0 Å². The molecule has 537 valence electrons. The van der Waals surface area contributed by atoms with Crippen molar-refractivity contribution < 1.29 is 112 Å². The average Bonchev–Trinajstić information content (AvgIpc) is 0.826. The maximum atomic E-state index is 15.4. The summed E-state index contributed by atoms with van der Waals surface area (Å²) in [5.41, 5.74) is 2.17. The minimum Gasteiger partial charge on any atom is -0.390 e. The van der Waals surface area contributed by atoms with E-state index in [4.69, 9.17) is 0 Å². The van der Waals surface area contributed by atoms with E-state index in [1.807, 2.05) is 66.7 Å². The van der Waals surface area contributed by atoms with Crippen LogP contribution in [0.3, 0.4) is 0 Å². The first-order valence-electron chi connectivity index (χ1n) is 33.0. The van der Waals surface area contributed by atoms with Crippen LogP contribution in [0.5, 0.6) is 0 Å². The fourth-order valence-corrected chi connectivity index (χ4v) is 11.9. The number of hydrogen-bond acceptors (Lipinski definition) is 12. The molecular weight excluding hydrogens is 1460 g/mol. The summed E-state index contributed by atoms with van der Waals surface area (Å²) in [5, 5.41) is 23.5. The van der Waals surface area contributed by atoms with Gasteiger partial charge in [0.2, 0.25) is 65.0 Å². The summed E-state index contributed by atoms with van der Waals surface area (Å²) >= 11 is 0. The molecule has 13 atom stereocenters. The van der Waals surface area contributed by atoms with Crippen molar-refractivity contribution in [1.29, 1.82) is 0 Å². The van der Waals surface area contributed by atoms with E-state index in [1.165, 1.54) is 82.8 Å². The first-order chi connectivity index (χ1) is 42.5. The molecular formula is C70H120N11O12WY-. The van der Waals surface area contributed by atoms with Crippen molar-refractivity contribution in [1.82, 2.24) is 55.6 Å². The Labute approximate surface area is 610 Å². The van der Waals surface area contributed by atoms with Crippen molar-refractivity contribution in [3.05, 3.63) is 55.7 Å². The zero-order valence-electron chi connectivity index (χ0n) is 62.1. The number of rotatable bonds is 17. The van der Waals surface area contributed by atoms with Gasteiger partial charge in [-0.05, 0) is 113 Å². The van der Waals surface area contributed by atoms with Crippen LogP contribution in [0.25, 0.3) is 0 Å². The molecule has 0 aliphatic carbocycles. The first kappa shape index (κ1) is 92.2. The number of hydrogen-bond donors (Lipinski definition) is 5. The van der Waals surface area contributed by atoms with Gasteiger partial charge >= 0.3 is 21.1 Å². The summed E-state index contributed by atoms with van der Waals surface area (Å²) in [7, 11) is 9.86. The monoisotopic (exact) mass is 1580 g/mol. The zero-order valence-corrected chi connectivity index (χ0v) is 67.9. The normalized spacial score (nSPS) is 25.6. The SMILES string of the molecule is [CH2-][C@@H]1C(=O)N(C)[C@@H](C[C-](C)C)C(=O)N[C@@H](C(C)C)C(=O)N(C)[C@@H](CC(C)C)C(=O)N[C@@H](C)C(=O)N[C@H](C)C(=O)N(C)[C@@H](CC(C)C)C(=O)N(C)[C@@H](CC(C)C)C(=O)N(C)[C@@H](C(C)C)C(=O)N(C)[C@@H]([C@H](O)[C@H](C)CCCc2cccc(C)c2)C(=O)N[C@@H](CC)C(=O)N1C.[CH3-].[W+2].[Y]. The number of carbonyl (C=O) groups excluding carboxylic acids is 11. The van der Waals surface area contributed by atoms with E-state index >= 15 is 19.2 Å². The predicted molar refractivity (Wildman–Crippen MR) is 364 cm³/mol. The molecule has 0 bridgehead atoms. The molecule has 5 N–H and O–H groups in total. The van der Waals surface area contributed by atoms with Crippen LogP contribution in [0, 0.1) is 62.7 Å². The molecule has 0 unspecified atom stereocenters. The fourth-order valence-electron chi connectivity index (χ4n) is 11.9. The molecule has 1 aromatic carbocycles. The largest absolute Gasteiger partial charge is 2.00 e. The van der Waals surface area contributed by atoms with Gasteiger partial charge in [0.25, 0.3) is 0 Å². The molecule has 1 saturated heterocycles. The number of benzene rings is 1. The Hall–Kier alpha value is -4.86. The van der Waals surface area contributed by atoms with Gasteiger partial charge in [-0.25, -0.2) is 0 Å². The molecule has 23 nitrogen and oxygen atoms in total. The van der Waals surface area contributed by atoms with Crippen molar-refractivity contribution in [2.75, 3.05) is 49.3 Å². The second kappa shape index (κ2) is 42.2. The summed E-state index contributed by atoms with van der Waals surface area (Å²) in [5.74, 6) is -9.21.